The van der Waals surface area contributed by atoms with Crippen molar-refractivity contribution < 1.29 is 9.53 Å². The van der Waals surface area contributed by atoms with E-state index in [2.05, 4.69) is 23.8 Å². The van der Waals surface area contributed by atoms with Crippen LogP contribution in [0.5, 0.6) is 6.01 Å². The lowest BCUT2D eigenvalue weighted by Gasteiger charge is -2.30. The van der Waals surface area contributed by atoms with Crippen molar-refractivity contribution in [1.29, 1.82) is 0 Å². The van der Waals surface area contributed by atoms with Crippen LogP contribution in [0.15, 0.2) is 0 Å². The number of rotatable bonds is 2. The molecule has 0 aromatic carbocycles. The highest BCUT2D eigenvalue weighted by molar-refractivity contribution is 6.30. The number of esters is 1. The molecule has 0 saturated carbocycles. The molecule has 0 aliphatic heterocycles. The van der Waals surface area contributed by atoms with Gasteiger partial charge in [-0.15, -0.1) is 0 Å². The number of hydrogen-bond acceptors (Lipinski definition) is 4. The number of ether oxygens (including phenoxy) is 1. The average Bonchev–Trinajstić information content (AvgIpc) is 2.29. The Morgan fingerprint density at radius 2 is 2.17 bits per heavy atom. The van der Waals surface area contributed by atoms with Crippen molar-refractivity contribution in [2.24, 2.45) is 5.41 Å². The van der Waals surface area contributed by atoms with E-state index in [1.807, 2.05) is 0 Å². The van der Waals surface area contributed by atoms with Gasteiger partial charge in [0.15, 0.2) is 0 Å². The number of carbonyl (C=O) groups is 1. The van der Waals surface area contributed by atoms with Gasteiger partial charge < -0.3 is 4.74 Å². The topological polar surface area (TPSA) is 52.1 Å². The Hall–Kier alpha value is -1.16. The summed E-state index contributed by atoms with van der Waals surface area (Å²) in [5.74, 6) is -0.345. The highest BCUT2D eigenvalue weighted by Crippen LogP contribution is 2.37. The lowest BCUT2D eigenvalue weighted by molar-refractivity contribution is -0.134. The fraction of sp³-hybridized carbons (Fsp3) is 0.615. The van der Waals surface area contributed by atoms with Gasteiger partial charge in [-0.1, -0.05) is 32.4 Å². The van der Waals surface area contributed by atoms with Crippen LogP contribution in [0.2, 0.25) is 5.15 Å². The van der Waals surface area contributed by atoms with E-state index in [1.165, 1.54) is 0 Å². The van der Waals surface area contributed by atoms with Gasteiger partial charge in [0.25, 0.3) is 0 Å². The second-order valence-corrected chi connectivity index (χ2v) is 5.75. The fourth-order valence-electron chi connectivity index (χ4n) is 2.10. The summed E-state index contributed by atoms with van der Waals surface area (Å²) < 4.78 is 5.02. The molecule has 0 bridgehead atoms. The molecule has 0 saturated heterocycles. The Labute approximate surface area is 112 Å². The minimum atomic E-state index is -0.345. The molecule has 0 unspecified atom stereocenters. The summed E-state index contributed by atoms with van der Waals surface area (Å²) >= 11 is 6.16. The summed E-state index contributed by atoms with van der Waals surface area (Å²) in [6.07, 6.45) is 3.06. The average molecular weight is 269 g/mol. The molecular weight excluding hydrogens is 252 g/mol. The predicted octanol–water partition coefficient (Wildman–Crippen LogP) is 2.96. The Balaban J connectivity index is 2.30. The van der Waals surface area contributed by atoms with Crippen LogP contribution >= 0.6 is 11.6 Å². The van der Waals surface area contributed by atoms with E-state index in [0.29, 0.717) is 11.6 Å². The molecule has 4 nitrogen and oxygen atoms in total. The zero-order valence-corrected chi connectivity index (χ0v) is 11.7. The first-order valence-electron chi connectivity index (χ1n) is 6.17. The normalized spacial score (nSPS) is 17.1. The third-order valence-electron chi connectivity index (χ3n) is 3.21. The summed E-state index contributed by atoms with van der Waals surface area (Å²) in [7, 11) is 0. The summed E-state index contributed by atoms with van der Waals surface area (Å²) in [5.41, 5.74) is 2.12. The Kier molecular flexibility index (Phi) is 3.57. The Bertz CT molecular complexity index is 486. The second-order valence-electron chi connectivity index (χ2n) is 5.39. The zero-order chi connectivity index (χ0) is 13.3. The first kappa shape index (κ1) is 13.3. The van der Waals surface area contributed by atoms with Crippen LogP contribution < -0.4 is 4.74 Å². The van der Waals surface area contributed by atoms with Crippen LogP contribution in [0.3, 0.4) is 0 Å². The molecule has 0 atom stereocenters. The number of nitrogens with zero attached hydrogens (tertiary/aromatic N) is 2. The summed E-state index contributed by atoms with van der Waals surface area (Å²) in [4.78, 5) is 19.6. The lowest BCUT2D eigenvalue weighted by Crippen LogP contribution is -2.24. The summed E-state index contributed by atoms with van der Waals surface area (Å²) in [6.45, 7) is 6.14. The van der Waals surface area contributed by atoms with E-state index >= 15 is 0 Å². The molecule has 1 aromatic rings. The van der Waals surface area contributed by atoms with Crippen LogP contribution in [0.1, 0.15) is 44.9 Å². The maximum atomic E-state index is 11.2. The quantitative estimate of drug-likeness (QED) is 0.611. The predicted molar refractivity (Wildman–Crippen MR) is 68.8 cm³/mol. The number of aryl methyl sites for hydroxylation is 1. The van der Waals surface area contributed by atoms with Gasteiger partial charge in [-0.05, 0) is 24.7 Å². The van der Waals surface area contributed by atoms with Gasteiger partial charge >= 0.3 is 12.0 Å². The molecule has 0 amide bonds. The van der Waals surface area contributed by atoms with Gasteiger partial charge in [0.2, 0.25) is 0 Å². The molecule has 0 fully saturated rings. The molecule has 0 spiro atoms. The van der Waals surface area contributed by atoms with Crippen molar-refractivity contribution in [3.8, 4) is 6.01 Å². The number of halogens is 1. The van der Waals surface area contributed by atoms with Crippen LogP contribution in [-0.2, 0) is 17.6 Å². The highest BCUT2D eigenvalue weighted by atomic mass is 35.5. The smallest absolute Gasteiger partial charge is 0.325 e. The van der Waals surface area contributed by atoms with E-state index in [9.17, 15) is 4.79 Å². The number of carbonyl (C=O) groups excluding carboxylic acids is 1. The van der Waals surface area contributed by atoms with E-state index in [1.54, 1.807) is 6.92 Å². The van der Waals surface area contributed by atoms with Crippen molar-refractivity contribution in [1.82, 2.24) is 9.97 Å². The third kappa shape index (κ3) is 2.80. The van der Waals surface area contributed by atoms with E-state index in [4.69, 9.17) is 16.3 Å². The van der Waals surface area contributed by atoms with Gasteiger partial charge in [0.1, 0.15) is 5.15 Å². The SMILES string of the molecule is CCC(=O)Oc1nc(Cl)c2c(n1)CCC(C)(C)C2. The molecular formula is C13H17ClN2O2. The molecule has 1 aliphatic carbocycles. The van der Waals surface area contributed by atoms with Crippen LogP contribution in [-0.4, -0.2) is 15.9 Å². The summed E-state index contributed by atoms with van der Waals surface area (Å²) in [5, 5.41) is 0.409. The van der Waals surface area contributed by atoms with Gasteiger partial charge in [0.05, 0.1) is 5.69 Å². The molecule has 1 heterocycles. The first-order valence-corrected chi connectivity index (χ1v) is 6.55. The Morgan fingerprint density at radius 3 is 2.83 bits per heavy atom. The minimum absolute atomic E-state index is 0.0744. The largest absolute Gasteiger partial charge is 0.391 e. The van der Waals surface area contributed by atoms with Crippen molar-refractivity contribution in [2.75, 3.05) is 0 Å². The third-order valence-corrected chi connectivity index (χ3v) is 3.52. The molecule has 2 rings (SSSR count). The van der Waals surface area contributed by atoms with Crippen molar-refractivity contribution in [3.63, 3.8) is 0 Å². The van der Waals surface area contributed by atoms with Crippen molar-refractivity contribution in [3.05, 3.63) is 16.4 Å². The van der Waals surface area contributed by atoms with E-state index < -0.39 is 0 Å². The maximum Gasteiger partial charge on any atom is 0.325 e. The molecule has 98 valence electrons. The van der Waals surface area contributed by atoms with Gasteiger partial charge in [-0.3, -0.25) is 4.79 Å². The van der Waals surface area contributed by atoms with Gasteiger partial charge in [-0.2, -0.15) is 9.97 Å². The lowest BCUT2D eigenvalue weighted by atomic mass is 9.76. The fourth-order valence-corrected chi connectivity index (χ4v) is 2.35. The van der Waals surface area contributed by atoms with Crippen molar-refractivity contribution >= 4 is 17.6 Å². The van der Waals surface area contributed by atoms with Gasteiger partial charge in [-0.25, -0.2) is 0 Å². The molecule has 1 aromatic heterocycles. The standard InChI is InChI=1S/C13H17ClN2O2/c1-4-10(17)18-12-15-9-5-6-13(2,3)7-8(9)11(14)16-12/h4-7H2,1-3H3. The zero-order valence-electron chi connectivity index (χ0n) is 10.9. The summed E-state index contributed by atoms with van der Waals surface area (Å²) in [6, 6.07) is 0.0744. The maximum absolute atomic E-state index is 11.2. The number of fused-ring (bicyclic) bond motifs is 1. The first-order chi connectivity index (χ1) is 8.41. The number of hydrogen-bond donors (Lipinski definition) is 0. The van der Waals surface area contributed by atoms with Crippen LogP contribution in [0, 0.1) is 5.41 Å². The number of aromatic nitrogens is 2. The second kappa shape index (κ2) is 4.84. The Morgan fingerprint density at radius 1 is 1.44 bits per heavy atom. The van der Waals surface area contributed by atoms with E-state index in [0.717, 1.165) is 30.5 Å². The molecule has 0 N–H and O–H groups in total. The van der Waals surface area contributed by atoms with Crippen molar-refractivity contribution in [2.45, 2.75) is 46.5 Å². The monoisotopic (exact) mass is 268 g/mol. The molecule has 5 heteroatoms. The van der Waals surface area contributed by atoms with Crippen LogP contribution in [0.4, 0.5) is 0 Å². The van der Waals surface area contributed by atoms with Gasteiger partial charge in [0, 0.05) is 12.0 Å². The molecule has 0 radical (unpaired) electrons. The minimum Gasteiger partial charge on any atom is -0.391 e. The molecule has 18 heavy (non-hydrogen) atoms. The van der Waals surface area contributed by atoms with E-state index in [-0.39, 0.29) is 17.4 Å². The highest BCUT2D eigenvalue weighted by Gasteiger charge is 2.29. The van der Waals surface area contributed by atoms with Crippen LogP contribution in [0.25, 0.3) is 0 Å². The molecule has 1 aliphatic rings.